The van der Waals surface area contributed by atoms with E-state index < -0.39 is 6.04 Å². The third-order valence-electron chi connectivity index (χ3n) is 6.55. The van der Waals surface area contributed by atoms with Gasteiger partial charge in [0.2, 0.25) is 11.8 Å². The third-order valence-corrected chi connectivity index (χ3v) is 6.55. The van der Waals surface area contributed by atoms with Crippen molar-refractivity contribution in [2.75, 3.05) is 19.6 Å². The number of nitrogens with two attached hydrogens (primary N) is 1. The summed E-state index contributed by atoms with van der Waals surface area (Å²) >= 11 is 0. The molecule has 3 aliphatic heterocycles. The molecule has 0 bridgehead atoms. The molecule has 0 aliphatic carbocycles. The highest BCUT2D eigenvalue weighted by atomic mass is 16.2. The van der Waals surface area contributed by atoms with Crippen LogP contribution in [0, 0.1) is 5.41 Å². The third kappa shape index (κ3) is 3.56. The van der Waals surface area contributed by atoms with Crippen LogP contribution in [0.1, 0.15) is 54.1 Å². The largest absolute Gasteiger partial charge is 0.330 e. The summed E-state index contributed by atoms with van der Waals surface area (Å²) in [5.41, 5.74) is 8.98. The molecule has 0 aromatic heterocycles. The van der Waals surface area contributed by atoms with E-state index in [1.165, 1.54) is 5.56 Å². The highest BCUT2D eigenvalue weighted by Gasteiger charge is 2.39. The highest BCUT2D eigenvalue weighted by Crippen LogP contribution is 2.31. The summed E-state index contributed by atoms with van der Waals surface area (Å²) in [6.45, 7) is 6.35. The van der Waals surface area contributed by atoms with Crippen molar-refractivity contribution in [3.05, 3.63) is 34.9 Å². The number of hydrogen-bond acceptors (Lipinski definition) is 5. The molecule has 2 fully saturated rings. The van der Waals surface area contributed by atoms with E-state index in [0.717, 1.165) is 44.6 Å². The molecule has 3 aliphatic rings. The van der Waals surface area contributed by atoms with E-state index in [9.17, 15) is 14.4 Å². The van der Waals surface area contributed by atoms with Gasteiger partial charge in [-0.05, 0) is 61.5 Å². The second kappa shape index (κ2) is 7.29. The summed E-state index contributed by atoms with van der Waals surface area (Å²) in [5, 5.41) is 2.34. The van der Waals surface area contributed by atoms with Gasteiger partial charge in [0.05, 0.1) is 0 Å². The fourth-order valence-electron chi connectivity index (χ4n) is 4.44. The van der Waals surface area contributed by atoms with E-state index >= 15 is 0 Å². The summed E-state index contributed by atoms with van der Waals surface area (Å²) in [7, 11) is 0. The van der Waals surface area contributed by atoms with Gasteiger partial charge in [-0.3, -0.25) is 24.6 Å². The Kier molecular flexibility index (Phi) is 4.97. The minimum Gasteiger partial charge on any atom is -0.330 e. The van der Waals surface area contributed by atoms with Gasteiger partial charge in [-0.2, -0.15) is 0 Å². The Balaban J connectivity index is 1.43. The van der Waals surface area contributed by atoms with Gasteiger partial charge >= 0.3 is 0 Å². The average molecular weight is 384 g/mol. The van der Waals surface area contributed by atoms with E-state index in [1.54, 1.807) is 4.90 Å². The molecule has 150 valence electrons. The minimum absolute atomic E-state index is 0.118. The molecule has 3 N–H and O–H groups in total. The van der Waals surface area contributed by atoms with Crippen LogP contribution in [0.4, 0.5) is 0 Å². The first-order valence-corrected chi connectivity index (χ1v) is 10.1. The van der Waals surface area contributed by atoms with Gasteiger partial charge in [-0.15, -0.1) is 0 Å². The molecule has 4 rings (SSSR count). The first-order chi connectivity index (χ1) is 13.4. The summed E-state index contributed by atoms with van der Waals surface area (Å²) in [5.74, 6) is -0.749. The Labute approximate surface area is 165 Å². The van der Waals surface area contributed by atoms with E-state index in [4.69, 9.17) is 5.73 Å². The van der Waals surface area contributed by atoms with Gasteiger partial charge in [0.1, 0.15) is 6.04 Å². The Hall–Kier alpha value is -2.25. The Bertz CT molecular complexity index is 814. The van der Waals surface area contributed by atoms with E-state index in [2.05, 4.69) is 23.2 Å². The minimum atomic E-state index is -0.558. The standard InChI is InChI=1S/C21H28N4O3/c1-21(13-22)6-8-24(9-7-21)11-14-2-3-16-15(10-14)12-25(20(16)28)17-4-5-18(26)23-19(17)27/h2-3,10,17H,4-9,11-13,22H2,1H3,(H,23,26,27). The van der Waals surface area contributed by atoms with Crippen LogP contribution >= 0.6 is 0 Å². The van der Waals surface area contributed by atoms with Crippen molar-refractivity contribution in [2.45, 2.75) is 51.7 Å². The molecule has 7 heteroatoms. The molecule has 2 saturated heterocycles. The number of likely N-dealkylation sites (tertiary alicyclic amines) is 1. The number of carbonyl (C=O) groups excluding carboxylic acids is 3. The molecule has 1 aromatic carbocycles. The lowest BCUT2D eigenvalue weighted by molar-refractivity contribution is -0.136. The van der Waals surface area contributed by atoms with Gasteiger partial charge in [-0.1, -0.05) is 19.1 Å². The number of carbonyl (C=O) groups is 3. The number of imide groups is 1. The van der Waals surface area contributed by atoms with E-state index in [0.29, 0.717) is 18.5 Å². The molecule has 0 spiro atoms. The number of nitrogens with zero attached hydrogens (tertiary/aromatic N) is 2. The smallest absolute Gasteiger partial charge is 0.255 e. The van der Waals surface area contributed by atoms with Crippen LogP contribution < -0.4 is 11.1 Å². The topological polar surface area (TPSA) is 95.7 Å². The maximum absolute atomic E-state index is 12.8. The fraction of sp³-hybridized carbons (Fsp3) is 0.571. The monoisotopic (exact) mass is 384 g/mol. The van der Waals surface area contributed by atoms with Gasteiger partial charge in [0.25, 0.3) is 5.91 Å². The molecule has 7 nitrogen and oxygen atoms in total. The number of fused-ring (bicyclic) bond motifs is 1. The molecular weight excluding hydrogens is 356 g/mol. The molecule has 1 unspecified atom stereocenters. The van der Waals surface area contributed by atoms with Gasteiger partial charge in [-0.25, -0.2) is 0 Å². The Morgan fingerprint density at radius 1 is 1.21 bits per heavy atom. The van der Waals surface area contributed by atoms with Crippen molar-refractivity contribution in [1.82, 2.24) is 15.1 Å². The second-order valence-corrected chi connectivity index (χ2v) is 8.68. The molecule has 1 aromatic rings. The van der Waals surface area contributed by atoms with Crippen LogP contribution in [-0.4, -0.2) is 53.2 Å². The molecule has 1 atom stereocenters. The maximum atomic E-state index is 12.8. The molecule has 3 amide bonds. The molecule has 0 radical (unpaired) electrons. The number of amides is 3. The van der Waals surface area contributed by atoms with E-state index in [1.807, 2.05) is 12.1 Å². The average Bonchev–Trinajstić information content (AvgIpc) is 3.00. The molecule has 28 heavy (non-hydrogen) atoms. The fourth-order valence-corrected chi connectivity index (χ4v) is 4.44. The molecular formula is C21H28N4O3. The van der Waals surface area contributed by atoms with Crippen LogP contribution in [-0.2, 0) is 22.7 Å². The SMILES string of the molecule is CC1(CN)CCN(Cc2ccc3c(c2)CN(C2CCC(=O)NC2=O)C3=O)CC1. The van der Waals surface area contributed by atoms with Gasteiger partial charge in [0, 0.05) is 25.1 Å². The number of nitrogens with one attached hydrogen (secondary N) is 1. The van der Waals surface area contributed by atoms with Crippen molar-refractivity contribution in [2.24, 2.45) is 11.1 Å². The van der Waals surface area contributed by atoms with Crippen molar-refractivity contribution in [1.29, 1.82) is 0 Å². The summed E-state index contributed by atoms with van der Waals surface area (Å²) < 4.78 is 0. The van der Waals surface area contributed by atoms with Crippen molar-refractivity contribution >= 4 is 17.7 Å². The molecule has 0 saturated carbocycles. The van der Waals surface area contributed by atoms with Crippen LogP contribution in [0.5, 0.6) is 0 Å². The number of hydrogen-bond donors (Lipinski definition) is 2. The summed E-state index contributed by atoms with van der Waals surface area (Å²) in [6, 6.07) is 5.43. The first-order valence-electron chi connectivity index (χ1n) is 10.1. The summed E-state index contributed by atoms with van der Waals surface area (Å²) in [4.78, 5) is 40.3. The normalized spacial score (nSPS) is 25.0. The van der Waals surface area contributed by atoms with Crippen molar-refractivity contribution < 1.29 is 14.4 Å². The summed E-state index contributed by atoms with van der Waals surface area (Å²) in [6.07, 6.45) is 2.88. The zero-order valence-corrected chi connectivity index (χ0v) is 16.4. The van der Waals surface area contributed by atoms with Gasteiger partial charge in [0.15, 0.2) is 0 Å². The first kappa shape index (κ1) is 19.1. The van der Waals surface area contributed by atoms with Crippen LogP contribution in [0.3, 0.4) is 0 Å². The predicted molar refractivity (Wildman–Crippen MR) is 104 cm³/mol. The quantitative estimate of drug-likeness (QED) is 0.756. The Morgan fingerprint density at radius 2 is 1.96 bits per heavy atom. The van der Waals surface area contributed by atoms with Crippen LogP contribution in [0.25, 0.3) is 0 Å². The second-order valence-electron chi connectivity index (χ2n) is 8.68. The number of benzene rings is 1. The zero-order valence-electron chi connectivity index (χ0n) is 16.4. The van der Waals surface area contributed by atoms with Gasteiger partial charge < -0.3 is 10.6 Å². The lowest BCUT2D eigenvalue weighted by atomic mass is 9.80. The number of piperidine rings is 2. The van der Waals surface area contributed by atoms with Crippen molar-refractivity contribution in [3.63, 3.8) is 0 Å². The lowest BCUT2D eigenvalue weighted by Gasteiger charge is -2.38. The van der Waals surface area contributed by atoms with Crippen molar-refractivity contribution in [3.8, 4) is 0 Å². The number of rotatable bonds is 4. The Morgan fingerprint density at radius 3 is 2.64 bits per heavy atom. The zero-order chi connectivity index (χ0) is 19.9. The maximum Gasteiger partial charge on any atom is 0.255 e. The lowest BCUT2D eigenvalue weighted by Crippen LogP contribution is -2.52. The highest BCUT2D eigenvalue weighted by molar-refractivity contribution is 6.05. The van der Waals surface area contributed by atoms with E-state index in [-0.39, 0.29) is 29.6 Å². The van der Waals surface area contributed by atoms with Crippen LogP contribution in [0.2, 0.25) is 0 Å². The predicted octanol–water partition coefficient (Wildman–Crippen LogP) is 1.01. The molecule has 3 heterocycles. The van der Waals surface area contributed by atoms with Crippen LogP contribution in [0.15, 0.2) is 18.2 Å².